The molecule has 9 heteroatoms. The Morgan fingerprint density at radius 1 is 1.09 bits per heavy atom. The van der Waals surface area contributed by atoms with Crippen molar-refractivity contribution in [3.63, 3.8) is 0 Å². The molecule has 5 rings (SSSR count). The number of benzene rings is 1. The van der Waals surface area contributed by atoms with Crippen molar-refractivity contribution in [2.45, 2.75) is 19.4 Å². The van der Waals surface area contributed by atoms with Crippen LogP contribution in [-0.4, -0.2) is 68.3 Å². The molecule has 0 saturated carbocycles. The van der Waals surface area contributed by atoms with Crippen molar-refractivity contribution in [3.05, 3.63) is 66.0 Å². The minimum Gasteiger partial charge on any atom is -0.382 e. The van der Waals surface area contributed by atoms with Crippen LogP contribution in [0.1, 0.15) is 22.6 Å². The molecule has 1 aliphatic heterocycles. The molecule has 1 atom stereocenters. The highest BCUT2D eigenvalue weighted by atomic mass is 19.1. The Morgan fingerprint density at radius 3 is 2.50 bits per heavy atom. The SMILES string of the molecule is Cc1cnc2ccc(-c3nc(C(=O)N4CCC(N(C)C)C4)c(N)nc3-c3ccc(F)cc3)cn12. The summed E-state index contributed by atoms with van der Waals surface area (Å²) in [6, 6.07) is 10.1. The number of carbonyl (C=O) groups excluding carboxylic acids is 1. The monoisotopic (exact) mass is 459 g/mol. The lowest BCUT2D eigenvalue weighted by molar-refractivity contribution is 0.0778. The molecule has 3 aromatic heterocycles. The summed E-state index contributed by atoms with van der Waals surface area (Å²) in [7, 11) is 4.02. The molecule has 174 valence electrons. The molecule has 1 aromatic carbocycles. The van der Waals surface area contributed by atoms with Crippen molar-refractivity contribution in [1.29, 1.82) is 0 Å². The Kier molecular flexibility index (Phi) is 5.49. The summed E-state index contributed by atoms with van der Waals surface area (Å²) in [6.45, 7) is 3.21. The maximum Gasteiger partial charge on any atom is 0.276 e. The van der Waals surface area contributed by atoms with Gasteiger partial charge in [-0.15, -0.1) is 0 Å². The summed E-state index contributed by atoms with van der Waals surface area (Å²) in [6.07, 6.45) is 4.60. The molecule has 1 fully saturated rings. The van der Waals surface area contributed by atoms with E-state index in [0.29, 0.717) is 36.1 Å². The van der Waals surface area contributed by atoms with Crippen molar-refractivity contribution < 1.29 is 9.18 Å². The van der Waals surface area contributed by atoms with Gasteiger partial charge in [0.05, 0.1) is 11.4 Å². The maximum atomic E-state index is 13.6. The number of aromatic nitrogens is 4. The standard InChI is InChI=1S/C25H26FN7O/c1-15-12-28-20-9-6-17(13-33(15)20)22-21(16-4-7-18(26)8-5-16)30-24(27)23(29-22)25(34)32-11-10-19(14-32)31(2)3/h4-9,12-13,19H,10-11,14H2,1-3H3,(H2,27,30). The molecule has 0 aliphatic carbocycles. The van der Waals surface area contributed by atoms with Gasteiger partial charge in [0.25, 0.3) is 5.91 Å². The first kappa shape index (κ1) is 22.0. The van der Waals surface area contributed by atoms with Gasteiger partial charge in [-0.2, -0.15) is 0 Å². The third-order valence-electron chi connectivity index (χ3n) is 6.39. The number of fused-ring (bicyclic) bond motifs is 1. The highest BCUT2D eigenvalue weighted by molar-refractivity contribution is 5.98. The summed E-state index contributed by atoms with van der Waals surface area (Å²) in [5.74, 6) is -0.527. The molecule has 34 heavy (non-hydrogen) atoms. The first-order valence-corrected chi connectivity index (χ1v) is 11.1. The average Bonchev–Trinajstić information content (AvgIpc) is 3.46. The van der Waals surface area contributed by atoms with Crippen molar-refractivity contribution in [1.82, 2.24) is 29.2 Å². The van der Waals surface area contributed by atoms with Crippen LogP contribution in [-0.2, 0) is 0 Å². The number of hydrogen-bond acceptors (Lipinski definition) is 6. The van der Waals surface area contributed by atoms with E-state index in [4.69, 9.17) is 10.7 Å². The quantitative estimate of drug-likeness (QED) is 0.504. The Labute approximate surface area is 196 Å². The van der Waals surface area contributed by atoms with Crippen LogP contribution in [0.5, 0.6) is 0 Å². The van der Waals surface area contributed by atoms with E-state index in [9.17, 15) is 9.18 Å². The average molecular weight is 460 g/mol. The van der Waals surface area contributed by atoms with Crippen LogP contribution in [0, 0.1) is 12.7 Å². The molecular weight excluding hydrogens is 433 g/mol. The molecule has 4 heterocycles. The highest BCUT2D eigenvalue weighted by Gasteiger charge is 2.31. The number of hydrogen-bond donors (Lipinski definition) is 1. The third kappa shape index (κ3) is 3.88. The topological polar surface area (TPSA) is 92.7 Å². The van der Waals surface area contributed by atoms with Gasteiger partial charge in [0.1, 0.15) is 11.5 Å². The predicted octanol–water partition coefficient (Wildman–Crippen LogP) is 3.26. The van der Waals surface area contributed by atoms with Gasteiger partial charge in [-0.1, -0.05) is 0 Å². The van der Waals surface area contributed by atoms with E-state index >= 15 is 0 Å². The van der Waals surface area contributed by atoms with Crippen LogP contribution in [0.3, 0.4) is 0 Å². The smallest absolute Gasteiger partial charge is 0.276 e. The second-order valence-electron chi connectivity index (χ2n) is 8.86. The lowest BCUT2D eigenvalue weighted by Gasteiger charge is -2.21. The number of halogens is 1. The number of likely N-dealkylation sites (tertiary alicyclic amines) is 1. The van der Waals surface area contributed by atoms with Gasteiger partial charge in [0, 0.05) is 48.3 Å². The number of likely N-dealkylation sites (N-methyl/N-ethyl adjacent to an activating group) is 1. The molecule has 1 amide bonds. The number of nitrogen functional groups attached to an aromatic ring is 1. The zero-order chi connectivity index (χ0) is 24.0. The predicted molar refractivity (Wildman–Crippen MR) is 129 cm³/mol. The highest BCUT2D eigenvalue weighted by Crippen LogP contribution is 2.32. The lowest BCUT2D eigenvalue weighted by Crippen LogP contribution is -2.35. The van der Waals surface area contributed by atoms with E-state index in [1.54, 1.807) is 23.2 Å². The Morgan fingerprint density at radius 2 is 1.79 bits per heavy atom. The van der Waals surface area contributed by atoms with Crippen LogP contribution in [0.25, 0.3) is 28.2 Å². The van der Waals surface area contributed by atoms with Gasteiger partial charge in [-0.3, -0.25) is 4.79 Å². The van der Waals surface area contributed by atoms with E-state index in [2.05, 4.69) is 14.9 Å². The van der Waals surface area contributed by atoms with Gasteiger partial charge >= 0.3 is 0 Å². The fraction of sp³-hybridized carbons (Fsp3) is 0.280. The Bertz CT molecular complexity index is 1380. The third-order valence-corrected chi connectivity index (χ3v) is 6.39. The molecule has 8 nitrogen and oxygen atoms in total. The summed E-state index contributed by atoms with van der Waals surface area (Å²) in [4.78, 5) is 31.0. The van der Waals surface area contributed by atoms with Gasteiger partial charge in [0.2, 0.25) is 0 Å². The van der Waals surface area contributed by atoms with E-state index in [-0.39, 0.29) is 23.2 Å². The normalized spacial score (nSPS) is 16.0. The first-order valence-electron chi connectivity index (χ1n) is 11.1. The number of amides is 1. The second-order valence-corrected chi connectivity index (χ2v) is 8.86. The number of anilines is 1. The first-order chi connectivity index (χ1) is 16.3. The van der Waals surface area contributed by atoms with Gasteiger partial charge < -0.3 is 19.9 Å². The van der Waals surface area contributed by atoms with Gasteiger partial charge in [-0.25, -0.2) is 19.3 Å². The largest absolute Gasteiger partial charge is 0.382 e. The fourth-order valence-electron chi connectivity index (χ4n) is 4.36. The van der Waals surface area contributed by atoms with E-state index < -0.39 is 0 Å². The maximum absolute atomic E-state index is 13.6. The molecule has 0 bridgehead atoms. The number of pyridine rings is 1. The Hall–Kier alpha value is -3.85. The number of aryl methyl sites for hydroxylation is 1. The number of rotatable bonds is 4. The molecule has 0 spiro atoms. The van der Waals surface area contributed by atoms with Crippen molar-refractivity contribution in [2.24, 2.45) is 0 Å². The van der Waals surface area contributed by atoms with Crippen molar-refractivity contribution in [3.8, 4) is 22.5 Å². The molecule has 1 saturated heterocycles. The minimum absolute atomic E-state index is 0.0567. The summed E-state index contributed by atoms with van der Waals surface area (Å²) in [5, 5.41) is 0. The van der Waals surface area contributed by atoms with Crippen molar-refractivity contribution >= 4 is 17.4 Å². The summed E-state index contributed by atoms with van der Waals surface area (Å²) < 4.78 is 15.5. The number of imidazole rings is 1. The van der Waals surface area contributed by atoms with Crippen LogP contribution in [0.4, 0.5) is 10.2 Å². The second kappa shape index (κ2) is 8.49. The van der Waals surface area contributed by atoms with Crippen LogP contribution < -0.4 is 5.73 Å². The van der Waals surface area contributed by atoms with Gasteiger partial charge in [0.15, 0.2) is 11.5 Å². The molecule has 1 unspecified atom stereocenters. The van der Waals surface area contributed by atoms with E-state index in [0.717, 1.165) is 23.3 Å². The minimum atomic E-state index is -0.349. The number of nitrogens with zero attached hydrogens (tertiary/aromatic N) is 6. The molecule has 4 aromatic rings. The Balaban J connectivity index is 1.64. The van der Waals surface area contributed by atoms with Crippen molar-refractivity contribution in [2.75, 3.05) is 32.9 Å². The summed E-state index contributed by atoms with van der Waals surface area (Å²) >= 11 is 0. The zero-order valence-electron chi connectivity index (χ0n) is 19.4. The number of carbonyl (C=O) groups is 1. The molecule has 0 radical (unpaired) electrons. The number of nitrogens with two attached hydrogens (primary N) is 1. The van der Waals surface area contributed by atoms with E-state index in [1.165, 1.54) is 12.1 Å². The molecule has 2 N–H and O–H groups in total. The molecule has 1 aliphatic rings. The zero-order valence-corrected chi connectivity index (χ0v) is 19.4. The summed E-state index contributed by atoms with van der Waals surface area (Å²) in [5.41, 5.74) is 10.6. The lowest BCUT2D eigenvalue weighted by atomic mass is 10.0. The van der Waals surface area contributed by atoms with Crippen LogP contribution in [0.15, 0.2) is 48.8 Å². The van der Waals surface area contributed by atoms with E-state index in [1.807, 2.05) is 43.7 Å². The van der Waals surface area contributed by atoms with Crippen LogP contribution in [0.2, 0.25) is 0 Å². The van der Waals surface area contributed by atoms with Gasteiger partial charge in [-0.05, 0) is 63.8 Å². The van der Waals surface area contributed by atoms with Crippen LogP contribution >= 0.6 is 0 Å². The fourth-order valence-corrected chi connectivity index (χ4v) is 4.36. The molecular formula is C25H26FN7O.